The molecular weight excluding hydrogens is 512 g/mol. The van der Waals surface area contributed by atoms with E-state index < -0.39 is 34.1 Å². The highest BCUT2D eigenvalue weighted by Gasteiger charge is 2.87. The molecule has 1 fully saturated rings. The van der Waals surface area contributed by atoms with Crippen LogP contribution in [-0.2, 0) is 4.79 Å². The van der Waals surface area contributed by atoms with Crippen molar-refractivity contribution in [2.45, 2.75) is 12.8 Å². The molecule has 3 aromatic carbocycles. The molecule has 0 unspecified atom stereocenters. The predicted molar refractivity (Wildman–Crippen MR) is 131 cm³/mol. The minimum absolute atomic E-state index is 0.280. The van der Waals surface area contributed by atoms with E-state index in [2.05, 4.69) is 15.9 Å². The van der Waals surface area contributed by atoms with Gasteiger partial charge in [0, 0.05) is 26.9 Å². The molecule has 0 radical (unpaired) electrons. The van der Waals surface area contributed by atoms with Crippen molar-refractivity contribution < 1.29 is 23.5 Å². The highest BCUT2D eigenvalue weighted by Crippen LogP contribution is 2.79. The molecule has 0 saturated heterocycles. The maximum absolute atomic E-state index is 14.1. The van der Waals surface area contributed by atoms with E-state index in [1.165, 1.54) is 6.07 Å². The molecule has 1 aromatic heterocycles. The van der Waals surface area contributed by atoms with Gasteiger partial charge in [-0.3, -0.25) is 14.4 Å². The van der Waals surface area contributed by atoms with Crippen LogP contribution in [0.1, 0.15) is 39.1 Å². The van der Waals surface area contributed by atoms with Crippen LogP contribution in [0.5, 0.6) is 5.75 Å². The lowest BCUT2D eigenvalue weighted by Gasteiger charge is -2.22. The molecule has 0 spiro atoms. The van der Waals surface area contributed by atoms with E-state index in [4.69, 9.17) is 9.15 Å². The van der Waals surface area contributed by atoms with Crippen LogP contribution in [0.3, 0.4) is 0 Å². The Labute approximate surface area is 207 Å². The van der Waals surface area contributed by atoms with Crippen molar-refractivity contribution >= 4 is 44.4 Å². The quantitative estimate of drug-likeness (QED) is 0.117. The van der Waals surface area contributed by atoms with E-state index in [0.29, 0.717) is 27.8 Å². The fourth-order valence-electron chi connectivity index (χ4n) is 5.59. The third-order valence-electron chi connectivity index (χ3n) is 7.32. The number of fused-ring (bicyclic) bond motifs is 4. The molecule has 0 N–H and O–H groups in total. The first-order valence-corrected chi connectivity index (χ1v) is 11.8. The summed E-state index contributed by atoms with van der Waals surface area (Å²) in [6.07, 6.45) is 0. The monoisotopic (exact) mass is 528 g/mol. The van der Waals surface area contributed by atoms with Gasteiger partial charge in [0.05, 0.1) is 5.41 Å². The van der Waals surface area contributed by atoms with E-state index in [1.807, 2.05) is 0 Å². The Balaban J connectivity index is 1.58. The number of benzene rings is 3. The molecule has 2 aliphatic rings. The van der Waals surface area contributed by atoms with Crippen molar-refractivity contribution in [3.63, 3.8) is 0 Å². The Kier molecular flexibility index (Phi) is 4.54. The number of rotatable bonds is 4. The van der Waals surface area contributed by atoms with Gasteiger partial charge in [0.15, 0.2) is 17.0 Å². The van der Waals surface area contributed by atoms with Crippen LogP contribution >= 0.6 is 15.9 Å². The van der Waals surface area contributed by atoms with Crippen molar-refractivity contribution in [1.82, 2.24) is 0 Å². The number of halogens is 1. The van der Waals surface area contributed by atoms with E-state index >= 15 is 0 Å². The molecule has 6 rings (SSSR count). The number of ketones is 2. The van der Waals surface area contributed by atoms with Gasteiger partial charge in [0.1, 0.15) is 16.9 Å². The Hall–Kier alpha value is -3.84. The van der Waals surface area contributed by atoms with Gasteiger partial charge in [-0.05, 0) is 30.3 Å². The summed E-state index contributed by atoms with van der Waals surface area (Å²) in [6, 6.07) is 21.8. The van der Waals surface area contributed by atoms with Crippen LogP contribution in [-0.4, -0.2) is 17.5 Å². The molecule has 1 aliphatic heterocycles. The fraction of sp³-hybridized carbons (Fsp3) is 0.143. The maximum Gasteiger partial charge on any atom is 0.347 e. The topological polar surface area (TPSA) is 90.7 Å². The Morgan fingerprint density at radius 1 is 0.886 bits per heavy atom. The Morgan fingerprint density at radius 3 is 2.34 bits per heavy atom. The minimum Gasteiger partial charge on any atom is -0.425 e. The van der Waals surface area contributed by atoms with Crippen LogP contribution in [0.15, 0.2) is 92.5 Å². The van der Waals surface area contributed by atoms with Gasteiger partial charge in [-0.25, -0.2) is 4.79 Å². The standard InChI is InChI=1S/C28H17BrO6/c1-27(23(30)15-10-12-17(29)13-11-15)22-18-7-3-5-9-21(18)35-26(33)28(22,27)24(31)19-14-16-6-2-4-8-20(16)34-25(19)32/h2-14,22H,1H3/t22-,27+,28-/m0/s1. The smallest absolute Gasteiger partial charge is 0.347 e. The van der Waals surface area contributed by atoms with Gasteiger partial charge in [-0.2, -0.15) is 0 Å². The highest BCUT2D eigenvalue weighted by atomic mass is 79.9. The average Bonchev–Trinajstić information content (AvgIpc) is 3.46. The summed E-state index contributed by atoms with van der Waals surface area (Å²) in [4.78, 5) is 54.5. The zero-order valence-corrected chi connectivity index (χ0v) is 20.0. The Bertz CT molecular complexity index is 1640. The third-order valence-corrected chi connectivity index (χ3v) is 7.85. The summed E-state index contributed by atoms with van der Waals surface area (Å²) in [6.45, 7) is 1.60. The number of carbonyl (C=O) groups excluding carboxylic acids is 3. The zero-order valence-electron chi connectivity index (χ0n) is 18.4. The summed E-state index contributed by atoms with van der Waals surface area (Å²) in [7, 11) is 0. The normalized spacial score (nSPS) is 24.3. The number of hydrogen-bond acceptors (Lipinski definition) is 6. The number of Topliss-reactive ketones (excluding diaryl/α,β-unsaturated/α-hetero) is 2. The molecule has 1 saturated carbocycles. The molecule has 172 valence electrons. The minimum atomic E-state index is -1.89. The second kappa shape index (κ2) is 7.33. The summed E-state index contributed by atoms with van der Waals surface area (Å²) in [5.41, 5.74) is -3.23. The largest absolute Gasteiger partial charge is 0.425 e. The highest BCUT2D eigenvalue weighted by molar-refractivity contribution is 9.10. The molecule has 35 heavy (non-hydrogen) atoms. The molecule has 1 aliphatic carbocycles. The van der Waals surface area contributed by atoms with Gasteiger partial charge in [0.2, 0.25) is 0 Å². The van der Waals surface area contributed by atoms with Crippen molar-refractivity contribution in [2.24, 2.45) is 10.8 Å². The summed E-state index contributed by atoms with van der Waals surface area (Å²) in [5.74, 6) is -2.46. The van der Waals surface area contributed by atoms with Gasteiger partial charge in [-0.15, -0.1) is 0 Å². The number of esters is 1. The van der Waals surface area contributed by atoms with E-state index in [0.717, 1.165) is 4.47 Å². The van der Waals surface area contributed by atoms with Crippen LogP contribution in [0.25, 0.3) is 11.0 Å². The maximum atomic E-state index is 14.1. The van der Waals surface area contributed by atoms with E-state index in [-0.39, 0.29) is 11.3 Å². The van der Waals surface area contributed by atoms with Crippen molar-refractivity contribution in [3.05, 3.63) is 110 Å². The van der Waals surface area contributed by atoms with Crippen molar-refractivity contribution in [1.29, 1.82) is 0 Å². The number of carbonyl (C=O) groups is 3. The number of ether oxygens (including phenoxy) is 1. The van der Waals surface area contributed by atoms with Gasteiger partial charge in [0.25, 0.3) is 0 Å². The van der Waals surface area contributed by atoms with Crippen LogP contribution in [0.4, 0.5) is 0 Å². The summed E-state index contributed by atoms with van der Waals surface area (Å²) < 4.78 is 11.8. The molecule has 2 heterocycles. The molecular formula is C28H17BrO6. The number of hydrogen-bond donors (Lipinski definition) is 0. The second-order valence-corrected chi connectivity index (χ2v) is 9.94. The van der Waals surface area contributed by atoms with Gasteiger partial charge in [-0.1, -0.05) is 71.4 Å². The lowest BCUT2D eigenvalue weighted by atomic mass is 9.82. The predicted octanol–water partition coefficient (Wildman–Crippen LogP) is 5.33. The first kappa shape index (κ1) is 21.7. The molecule has 4 aromatic rings. The molecule has 0 bridgehead atoms. The average molecular weight is 529 g/mol. The molecule has 7 heteroatoms. The van der Waals surface area contributed by atoms with Crippen LogP contribution in [0, 0.1) is 10.8 Å². The summed E-state index contributed by atoms with van der Waals surface area (Å²) >= 11 is 3.36. The van der Waals surface area contributed by atoms with Crippen LogP contribution in [0.2, 0.25) is 0 Å². The van der Waals surface area contributed by atoms with Gasteiger partial charge >= 0.3 is 11.6 Å². The molecule has 0 amide bonds. The summed E-state index contributed by atoms with van der Waals surface area (Å²) in [5, 5.41) is 0.537. The number of para-hydroxylation sites is 2. The van der Waals surface area contributed by atoms with Crippen LogP contribution < -0.4 is 10.4 Å². The third kappa shape index (κ3) is 2.76. The zero-order chi connectivity index (χ0) is 24.5. The molecule has 6 nitrogen and oxygen atoms in total. The van der Waals surface area contributed by atoms with Gasteiger partial charge < -0.3 is 9.15 Å². The lowest BCUT2D eigenvalue weighted by Crippen LogP contribution is -2.40. The SMILES string of the molecule is C[C@]1(C(=O)c2ccc(Br)cc2)[C@@H]2c3ccccc3OC(=O)[C@@]21C(=O)c1cc2ccccc2oc1=O. The first-order valence-electron chi connectivity index (χ1n) is 11.0. The lowest BCUT2D eigenvalue weighted by molar-refractivity contribution is -0.140. The van der Waals surface area contributed by atoms with E-state index in [9.17, 15) is 19.2 Å². The van der Waals surface area contributed by atoms with E-state index in [1.54, 1.807) is 79.7 Å². The molecule has 3 atom stereocenters. The fourth-order valence-corrected chi connectivity index (χ4v) is 5.85. The second-order valence-electron chi connectivity index (χ2n) is 9.02. The Morgan fingerprint density at radius 2 is 1.57 bits per heavy atom. The van der Waals surface area contributed by atoms with Crippen molar-refractivity contribution in [2.75, 3.05) is 0 Å². The van der Waals surface area contributed by atoms with Crippen molar-refractivity contribution in [3.8, 4) is 5.75 Å². The first-order chi connectivity index (χ1) is 16.8.